The minimum Gasteiger partial charge on any atom is -0.494 e. The smallest absolute Gasteiger partial charge is 0.261 e. The van der Waals surface area contributed by atoms with Crippen LogP contribution in [0.25, 0.3) is 11.0 Å². The normalized spacial score (nSPS) is 11.4. The van der Waals surface area contributed by atoms with Crippen molar-refractivity contribution < 1.29 is 18.3 Å². The van der Waals surface area contributed by atoms with E-state index < -0.39 is 5.91 Å². The average Bonchev–Trinajstić information content (AvgIpc) is 2.75. The van der Waals surface area contributed by atoms with Gasteiger partial charge in [-0.2, -0.15) is 0 Å². The first-order valence-electron chi connectivity index (χ1n) is 8.91. The molecule has 0 bridgehead atoms. The number of hydrogen-bond acceptors (Lipinski definition) is 4. The van der Waals surface area contributed by atoms with E-state index in [2.05, 4.69) is 10.3 Å². The molecule has 6 heteroatoms. The van der Waals surface area contributed by atoms with E-state index in [1.165, 1.54) is 24.3 Å². The highest BCUT2D eigenvalue weighted by Gasteiger charge is 2.14. The van der Waals surface area contributed by atoms with Crippen LogP contribution in [0.3, 0.4) is 0 Å². The fourth-order valence-corrected chi connectivity index (χ4v) is 2.88. The van der Waals surface area contributed by atoms with Gasteiger partial charge in [-0.05, 0) is 48.5 Å². The zero-order valence-corrected chi connectivity index (χ0v) is 15.6. The van der Waals surface area contributed by atoms with Gasteiger partial charge >= 0.3 is 0 Å². The fourth-order valence-electron chi connectivity index (χ4n) is 2.88. The third-order valence-electron chi connectivity index (χ3n) is 4.31. The summed E-state index contributed by atoms with van der Waals surface area (Å²) in [6, 6.07) is 21.8. The number of nitrogens with one attached hydrogen (secondary N) is 1. The SMILES string of the molecule is COc1ccccc1N=c1oc2ccccc2cc1C(=O)Nc1ccc(F)cc1. The van der Waals surface area contributed by atoms with Gasteiger partial charge in [0.05, 0.1) is 7.11 Å². The molecule has 0 spiro atoms. The predicted molar refractivity (Wildman–Crippen MR) is 109 cm³/mol. The maximum Gasteiger partial charge on any atom is 0.261 e. The first kappa shape index (κ1) is 18.4. The molecule has 0 saturated heterocycles. The second-order valence-electron chi connectivity index (χ2n) is 6.25. The largest absolute Gasteiger partial charge is 0.494 e. The number of benzene rings is 3. The highest BCUT2D eigenvalue weighted by Crippen LogP contribution is 2.26. The van der Waals surface area contributed by atoms with E-state index in [-0.39, 0.29) is 16.9 Å². The Morgan fingerprint density at radius 3 is 2.52 bits per heavy atom. The quantitative estimate of drug-likeness (QED) is 0.531. The van der Waals surface area contributed by atoms with Crippen LogP contribution in [0.2, 0.25) is 0 Å². The topological polar surface area (TPSA) is 63.8 Å². The van der Waals surface area contributed by atoms with E-state index >= 15 is 0 Å². The number of carbonyl (C=O) groups is 1. The number of carbonyl (C=O) groups excluding carboxylic acids is 1. The highest BCUT2D eigenvalue weighted by molar-refractivity contribution is 6.05. The molecule has 1 aromatic heterocycles. The van der Waals surface area contributed by atoms with Gasteiger partial charge in [-0.15, -0.1) is 0 Å². The Hall–Kier alpha value is -3.93. The van der Waals surface area contributed by atoms with E-state index in [1.54, 1.807) is 31.4 Å². The maximum atomic E-state index is 13.1. The Morgan fingerprint density at radius 2 is 1.72 bits per heavy atom. The summed E-state index contributed by atoms with van der Waals surface area (Å²) in [6.07, 6.45) is 0. The van der Waals surface area contributed by atoms with Crippen molar-refractivity contribution in [1.29, 1.82) is 0 Å². The van der Waals surface area contributed by atoms with Crippen molar-refractivity contribution in [2.75, 3.05) is 12.4 Å². The lowest BCUT2D eigenvalue weighted by Gasteiger charge is -2.08. The van der Waals surface area contributed by atoms with Crippen molar-refractivity contribution >= 4 is 28.3 Å². The highest BCUT2D eigenvalue weighted by atomic mass is 19.1. The van der Waals surface area contributed by atoms with Crippen molar-refractivity contribution in [3.8, 4) is 5.75 Å². The van der Waals surface area contributed by atoms with Crippen LogP contribution in [0.15, 0.2) is 88.3 Å². The maximum absolute atomic E-state index is 13.1. The first-order chi connectivity index (χ1) is 14.1. The monoisotopic (exact) mass is 388 g/mol. The Bertz CT molecular complexity index is 1250. The molecule has 1 N–H and O–H groups in total. The minimum absolute atomic E-state index is 0.146. The van der Waals surface area contributed by atoms with Crippen molar-refractivity contribution in [3.63, 3.8) is 0 Å². The van der Waals surface area contributed by atoms with Crippen molar-refractivity contribution in [1.82, 2.24) is 0 Å². The zero-order chi connectivity index (χ0) is 20.2. The summed E-state index contributed by atoms with van der Waals surface area (Å²) in [4.78, 5) is 17.5. The van der Waals surface area contributed by atoms with Gasteiger partial charge in [-0.3, -0.25) is 4.79 Å². The number of halogens is 1. The van der Waals surface area contributed by atoms with Crippen LogP contribution in [0, 0.1) is 5.82 Å². The van der Waals surface area contributed by atoms with E-state index in [0.29, 0.717) is 22.7 Å². The Kier molecular flexibility index (Phi) is 5.07. The molecule has 0 atom stereocenters. The van der Waals surface area contributed by atoms with Crippen LogP contribution in [-0.4, -0.2) is 13.0 Å². The van der Waals surface area contributed by atoms with Crippen LogP contribution in [0.1, 0.15) is 10.4 Å². The van der Waals surface area contributed by atoms with E-state index in [4.69, 9.17) is 9.15 Å². The second kappa shape index (κ2) is 7.98. The van der Waals surface area contributed by atoms with Crippen molar-refractivity contribution in [2.24, 2.45) is 4.99 Å². The Balaban J connectivity index is 1.85. The standard InChI is InChI=1S/C23H17FN2O3/c1-28-21-9-5-3-7-19(21)26-23-18(14-15-6-2-4-8-20(15)29-23)22(27)25-17-12-10-16(24)11-13-17/h2-14H,1H3,(H,25,27). The summed E-state index contributed by atoms with van der Waals surface area (Å²) >= 11 is 0. The zero-order valence-electron chi connectivity index (χ0n) is 15.6. The Morgan fingerprint density at radius 1 is 1.00 bits per heavy atom. The summed E-state index contributed by atoms with van der Waals surface area (Å²) in [5, 5.41) is 3.51. The number of ether oxygens (including phenoxy) is 1. The molecule has 4 rings (SSSR count). The average molecular weight is 388 g/mol. The van der Waals surface area contributed by atoms with Gasteiger partial charge in [-0.1, -0.05) is 30.3 Å². The summed E-state index contributed by atoms with van der Waals surface area (Å²) < 4.78 is 24.4. The lowest BCUT2D eigenvalue weighted by molar-refractivity contribution is 0.102. The molecule has 0 aliphatic heterocycles. The number of methoxy groups -OCH3 is 1. The molecule has 1 amide bonds. The third kappa shape index (κ3) is 4.01. The molecule has 3 aromatic carbocycles. The predicted octanol–water partition coefficient (Wildman–Crippen LogP) is 5.07. The van der Waals surface area contributed by atoms with Crippen molar-refractivity contribution in [2.45, 2.75) is 0 Å². The number of hydrogen-bond donors (Lipinski definition) is 1. The fraction of sp³-hybridized carbons (Fsp3) is 0.0435. The molecule has 0 aliphatic carbocycles. The molecule has 0 unspecified atom stereocenters. The van der Waals surface area contributed by atoms with E-state index in [1.807, 2.05) is 30.3 Å². The Labute approximate surface area is 166 Å². The molecule has 5 nitrogen and oxygen atoms in total. The number of amides is 1. The molecule has 0 radical (unpaired) electrons. The summed E-state index contributed by atoms with van der Waals surface area (Å²) in [5.41, 5.74) is 1.99. The van der Waals surface area contributed by atoms with Crippen LogP contribution >= 0.6 is 0 Å². The first-order valence-corrected chi connectivity index (χ1v) is 8.91. The van der Waals surface area contributed by atoms with Crippen LogP contribution < -0.4 is 15.6 Å². The van der Waals surface area contributed by atoms with E-state index in [0.717, 1.165) is 5.39 Å². The van der Waals surface area contributed by atoms with Gasteiger partial charge in [0.15, 0.2) is 0 Å². The van der Waals surface area contributed by atoms with Gasteiger partial charge < -0.3 is 14.5 Å². The lowest BCUT2D eigenvalue weighted by atomic mass is 10.1. The minimum atomic E-state index is -0.417. The van der Waals surface area contributed by atoms with Gasteiger partial charge in [-0.25, -0.2) is 9.38 Å². The summed E-state index contributed by atoms with van der Waals surface area (Å²) in [6.45, 7) is 0. The van der Waals surface area contributed by atoms with Crippen LogP contribution in [0.4, 0.5) is 15.8 Å². The molecule has 0 fully saturated rings. The molecule has 144 valence electrons. The lowest BCUT2D eigenvalue weighted by Crippen LogP contribution is -2.21. The molecular weight excluding hydrogens is 371 g/mol. The van der Waals surface area contributed by atoms with Gasteiger partial charge in [0.25, 0.3) is 5.91 Å². The second-order valence-corrected chi connectivity index (χ2v) is 6.25. The summed E-state index contributed by atoms with van der Waals surface area (Å²) in [7, 11) is 1.55. The van der Waals surface area contributed by atoms with Crippen LogP contribution in [-0.2, 0) is 0 Å². The van der Waals surface area contributed by atoms with E-state index in [9.17, 15) is 9.18 Å². The van der Waals surface area contributed by atoms with Crippen molar-refractivity contribution in [3.05, 3.63) is 95.8 Å². The van der Waals surface area contributed by atoms with Crippen LogP contribution in [0.5, 0.6) is 5.75 Å². The molecule has 0 saturated carbocycles. The number of nitrogens with zero attached hydrogens (tertiary/aromatic N) is 1. The molecular formula is C23H17FN2O3. The number of rotatable bonds is 4. The molecule has 0 aliphatic rings. The van der Waals surface area contributed by atoms with Gasteiger partial charge in [0.1, 0.15) is 28.4 Å². The summed E-state index contributed by atoms with van der Waals surface area (Å²) in [5.74, 6) is -0.240. The molecule has 1 heterocycles. The third-order valence-corrected chi connectivity index (χ3v) is 4.31. The molecule has 4 aromatic rings. The van der Waals surface area contributed by atoms with Gasteiger partial charge in [0, 0.05) is 11.1 Å². The molecule has 29 heavy (non-hydrogen) atoms. The van der Waals surface area contributed by atoms with Gasteiger partial charge in [0.2, 0.25) is 5.55 Å². The number of para-hydroxylation sites is 3. The number of fused-ring (bicyclic) bond motifs is 1. The number of anilines is 1.